The standard InChI is InChI=1S/C19H16FNO3/c20-16-9-3-1-6-13(16)8-5-11-21-18(22)15-12-14-7-2-4-10-17(14)24-19(15)23/h1-4,6-7,9-10,12H,5,8,11H2,(H,21,22). The Balaban J connectivity index is 1.62. The summed E-state index contributed by atoms with van der Waals surface area (Å²) in [4.78, 5) is 24.0. The first-order chi connectivity index (χ1) is 11.6. The van der Waals surface area contributed by atoms with Crippen molar-refractivity contribution in [2.24, 2.45) is 0 Å². The molecule has 0 aliphatic heterocycles. The molecule has 0 aliphatic rings. The molecular formula is C19H16FNO3. The van der Waals surface area contributed by atoms with Crippen LogP contribution >= 0.6 is 0 Å². The quantitative estimate of drug-likeness (QED) is 0.578. The van der Waals surface area contributed by atoms with E-state index in [2.05, 4.69) is 5.32 Å². The van der Waals surface area contributed by atoms with Crippen LogP contribution in [0.4, 0.5) is 4.39 Å². The minimum absolute atomic E-state index is 0.0282. The normalized spacial score (nSPS) is 10.7. The molecule has 122 valence electrons. The van der Waals surface area contributed by atoms with Crippen LogP contribution in [0.15, 0.2) is 63.8 Å². The Hall–Kier alpha value is -2.95. The smallest absolute Gasteiger partial charge is 0.349 e. The average Bonchev–Trinajstić information content (AvgIpc) is 2.59. The summed E-state index contributed by atoms with van der Waals surface area (Å²) in [6.07, 6.45) is 1.09. The van der Waals surface area contributed by atoms with Gasteiger partial charge in [0.2, 0.25) is 0 Å². The van der Waals surface area contributed by atoms with Crippen LogP contribution in [0.5, 0.6) is 0 Å². The lowest BCUT2D eigenvalue weighted by Crippen LogP contribution is -2.29. The van der Waals surface area contributed by atoms with E-state index in [-0.39, 0.29) is 11.4 Å². The molecular weight excluding hydrogens is 309 g/mol. The molecule has 0 saturated heterocycles. The number of nitrogens with one attached hydrogen (secondary N) is 1. The van der Waals surface area contributed by atoms with Gasteiger partial charge in [-0.15, -0.1) is 0 Å². The third kappa shape index (κ3) is 3.51. The van der Waals surface area contributed by atoms with Gasteiger partial charge in [-0.25, -0.2) is 9.18 Å². The summed E-state index contributed by atoms with van der Waals surface area (Å²) in [5, 5.41) is 3.36. The van der Waals surface area contributed by atoms with Crippen LogP contribution < -0.4 is 10.9 Å². The summed E-state index contributed by atoms with van der Waals surface area (Å²) >= 11 is 0. The fraction of sp³-hybridized carbons (Fsp3) is 0.158. The maximum absolute atomic E-state index is 13.5. The number of para-hydroxylation sites is 1. The van der Waals surface area contributed by atoms with Crippen LogP contribution in [0.2, 0.25) is 0 Å². The van der Waals surface area contributed by atoms with Crippen molar-refractivity contribution in [2.75, 3.05) is 6.54 Å². The maximum Gasteiger partial charge on any atom is 0.349 e. The third-order valence-corrected chi connectivity index (χ3v) is 3.75. The third-order valence-electron chi connectivity index (χ3n) is 3.75. The van der Waals surface area contributed by atoms with Gasteiger partial charge in [0.1, 0.15) is 17.0 Å². The summed E-state index contributed by atoms with van der Waals surface area (Å²) in [6, 6.07) is 15.1. The number of hydrogen-bond donors (Lipinski definition) is 1. The first kappa shape index (κ1) is 15.9. The van der Waals surface area contributed by atoms with Crippen molar-refractivity contribution in [3.63, 3.8) is 0 Å². The Bertz CT molecular complexity index is 933. The molecule has 0 fully saturated rings. The van der Waals surface area contributed by atoms with Crippen LogP contribution in [0, 0.1) is 5.82 Å². The first-order valence-electron chi connectivity index (χ1n) is 7.69. The van der Waals surface area contributed by atoms with E-state index in [0.717, 1.165) is 0 Å². The molecule has 24 heavy (non-hydrogen) atoms. The van der Waals surface area contributed by atoms with Crippen molar-refractivity contribution in [3.05, 3.63) is 82.0 Å². The lowest BCUT2D eigenvalue weighted by Gasteiger charge is -2.06. The van der Waals surface area contributed by atoms with Gasteiger partial charge >= 0.3 is 5.63 Å². The second-order valence-electron chi connectivity index (χ2n) is 5.44. The second-order valence-corrected chi connectivity index (χ2v) is 5.44. The van der Waals surface area contributed by atoms with Gasteiger partial charge in [0.25, 0.3) is 5.91 Å². The van der Waals surface area contributed by atoms with Gasteiger partial charge in [-0.2, -0.15) is 0 Å². The van der Waals surface area contributed by atoms with Crippen LogP contribution in [0.1, 0.15) is 22.3 Å². The Morgan fingerprint density at radius 3 is 2.67 bits per heavy atom. The Morgan fingerprint density at radius 2 is 1.83 bits per heavy atom. The van der Waals surface area contributed by atoms with E-state index in [1.54, 1.807) is 42.5 Å². The molecule has 1 amide bonds. The van der Waals surface area contributed by atoms with E-state index in [9.17, 15) is 14.0 Å². The predicted octanol–water partition coefficient (Wildman–Crippen LogP) is 3.29. The topological polar surface area (TPSA) is 59.3 Å². The lowest BCUT2D eigenvalue weighted by molar-refractivity contribution is 0.0949. The highest BCUT2D eigenvalue weighted by molar-refractivity contribution is 5.96. The molecule has 0 saturated carbocycles. The number of halogens is 1. The van der Waals surface area contributed by atoms with Gasteiger partial charge in [-0.05, 0) is 36.6 Å². The molecule has 1 N–H and O–H groups in total. The van der Waals surface area contributed by atoms with Gasteiger partial charge in [0.15, 0.2) is 0 Å². The van der Waals surface area contributed by atoms with Gasteiger partial charge in [-0.1, -0.05) is 36.4 Å². The molecule has 0 unspecified atom stereocenters. The number of carbonyl (C=O) groups is 1. The van der Waals surface area contributed by atoms with Crippen LogP contribution in [-0.2, 0) is 6.42 Å². The number of benzene rings is 2. The molecule has 0 radical (unpaired) electrons. The molecule has 4 nitrogen and oxygen atoms in total. The van der Waals surface area contributed by atoms with Gasteiger partial charge < -0.3 is 9.73 Å². The summed E-state index contributed by atoms with van der Waals surface area (Å²) in [5.74, 6) is -0.734. The first-order valence-corrected chi connectivity index (χ1v) is 7.69. The summed E-state index contributed by atoms with van der Waals surface area (Å²) in [5.41, 5.74) is 0.357. The summed E-state index contributed by atoms with van der Waals surface area (Å²) in [7, 11) is 0. The molecule has 2 aromatic carbocycles. The van der Waals surface area contributed by atoms with Crippen molar-refractivity contribution in [3.8, 4) is 0 Å². The number of carbonyl (C=O) groups excluding carboxylic acids is 1. The number of hydrogen-bond acceptors (Lipinski definition) is 3. The van der Waals surface area contributed by atoms with E-state index < -0.39 is 11.5 Å². The number of aryl methyl sites for hydroxylation is 1. The fourth-order valence-electron chi connectivity index (χ4n) is 2.50. The van der Waals surface area contributed by atoms with E-state index >= 15 is 0 Å². The van der Waals surface area contributed by atoms with E-state index in [1.807, 2.05) is 0 Å². The summed E-state index contributed by atoms with van der Waals surface area (Å²) in [6.45, 7) is 0.347. The van der Waals surface area contributed by atoms with Gasteiger partial charge in [0.05, 0.1) is 0 Å². The Labute approximate surface area is 137 Å². The average molecular weight is 325 g/mol. The highest BCUT2D eigenvalue weighted by atomic mass is 19.1. The van der Waals surface area contributed by atoms with E-state index in [0.29, 0.717) is 35.9 Å². The molecule has 0 bridgehead atoms. The van der Waals surface area contributed by atoms with Crippen molar-refractivity contribution >= 4 is 16.9 Å². The van der Waals surface area contributed by atoms with Crippen LogP contribution in [-0.4, -0.2) is 12.5 Å². The molecule has 1 aromatic heterocycles. The maximum atomic E-state index is 13.5. The monoisotopic (exact) mass is 325 g/mol. The molecule has 0 spiro atoms. The lowest BCUT2D eigenvalue weighted by atomic mass is 10.1. The van der Waals surface area contributed by atoms with Gasteiger partial charge in [0, 0.05) is 11.9 Å². The number of fused-ring (bicyclic) bond motifs is 1. The predicted molar refractivity (Wildman–Crippen MR) is 89.5 cm³/mol. The zero-order valence-electron chi connectivity index (χ0n) is 12.9. The highest BCUT2D eigenvalue weighted by Crippen LogP contribution is 2.12. The molecule has 5 heteroatoms. The zero-order valence-corrected chi connectivity index (χ0v) is 12.9. The molecule has 0 atom stereocenters. The van der Waals surface area contributed by atoms with E-state index in [1.165, 1.54) is 12.1 Å². The second kappa shape index (κ2) is 7.08. The zero-order chi connectivity index (χ0) is 16.9. The Kier molecular flexibility index (Phi) is 4.70. The minimum Gasteiger partial charge on any atom is -0.422 e. The molecule has 3 rings (SSSR count). The van der Waals surface area contributed by atoms with E-state index in [4.69, 9.17) is 4.42 Å². The van der Waals surface area contributed by atoms with Crippen molar-refractivity contribution in [1.82, 2.24) is 5.32 Å². The molecule has 1 heterocycles. The summed E-state index contributed by atoms with van der Waals surface area (Å²) < 4.78 is 18.6. The van der Waals surface area contributed by atoms with Crippen LogP contribution in [0.25, 0.3) is 11.0 Å². The van der Waals surface area contributed by atoms with Crippen molar-refractivity contribution < 1.29 is 13.6 Å². The fourth-order valence-corrected chi connectivity index (χ4v) is 2.50. The largest absolute Gasteiger partial charge is 0.422 e. The number of rotatable bonds is 5. The minimum atomic E-state index is -0.666. The SMILES string of the molecule is O=C(NCCCc1ccccc1F)c1cc2ccccc2oc1=O. The highest BCUT2D eigenvalue weighted by Gasteiger charge is 2.13. The molecule has 3 aromatic rings. The van der Waals surface area contributed by atoms with Crippen molar-refractivity contribution in [1.29, 1.82) is 0 Å². The Morgan fingerprint density at radius 1 is 1.08 bits per heavy atom. The van der Waals surface area contributed by atoms with Crippen LogP contribution in [0.3, 0.4) is 0 Å². The van der Waals surface area contributed by atoms with Crippen molar-refractivity contribution in [2.45, 2.75) is 12.8 Å². The van der Waals surface area contributed by atoms with Gasteiger partial charge in [-0.3, -0.25) is 4.79 Å². The number of amides is 1. The molecule has 0 aliphatic carbocycles.